The monoisotopic (exact) mass is 292 g/mol. The lowest BCUT2D eigenvalue weighted by Gasteiger charge is -2.52. The Labute approximate surface area is 123 Å². The molecule has 21 heavy (non-hydrogen) atoms. The number of anilines is 1. The zero-order valence-corrected chi connectivity index (χ0v) is 12.0. The van der Waals surface area contributed by atoms with Crippen molar-refractivity contribution in [1.82, 2.24) is 4.98 Å². The van der Waals surface area contributed by atoms with Gasteiger partial charge in [-0.1, -0.05) is 6.07 Å². The average Bonchev–Trinajstić information content (AvgIpc) is 2.99. The number of nitrogens with one attached hydrogen (secondary N) is 1. The van der Waals surface area contributed by atoms with Crippen LogP contribution in [-0.2, 0) is 9.47 Å². The van der Waals surface area contributed by atoms with Gasteiger partial charge >= 0.3 is 5.97 Å². The van der Waals surface area contributed by atoms with Gasteiger partial charge in [-0.3, -0.25) is 0 Å². The van der Waals surface area contributed by atoms with E-state index in [9.17, 15) is 4.79 Å². The molecule has 0 aromatic carbocycles. The number of carboxylic acids is 1. The third-order valence-electron chi connectivity index (χ3n) is 4.33. The number of nitrogens with zero attached hydrogens (tertiary/aromatic N) is 1. The number of ether oxygens (including phenoxy) is 2. The van der Waals surface area contributed by atoms with Gasteiger partial charge < -0.3 is 19.9 Å². The maximum absolute atomic E-state index is 11.0. The fourth-order valence-corrected chi connectivity index (χ4v) is 3.29. The van der Waals surface area contributed by atoms with Crippen molar-refractivity contribution in [1.29, 1.82) is 0 Å². The zero-order valence-electron chi connectivity index (χ0n) is 12.0. The molecular formula is C15H20N2O4. The van der Waals surface area contributed by atoms with Gasteiger partial charge in [0.2, 0.25) is 0 Å². The summed E-state index contributed by atoms with van der Waals surface area (Å²) in [6, 6.07) is 5.08. The van der Waals surface area contributed by atoms with Crippen LogP contribution in [0.25, 0.3) is 0 Å². The summed E-state index contributed by atoms with van der Waals surface area (Å²) in [6.45, 7) is 3.42. The lowest BCUT2D eigenvalue weighted by molar-refractivity contribution is -0.184. The minimum Gasteiger partial charge on any atom is -0.477 e. The predicted molar refractivity (Wildman–Crippen MR) is 76.6 cm³/mol. The summed E-state index contributed by atoms with van der Waals surface area (Å²) in [5.74, 6) is -0.448. The topological polar surface area (TPSA) is 80.7 Å². The van der Waals surface area contributed by atoms with Gasteiger partial charge in [-0.25, -0.2) is 9.78 Å². The molecular weight excluding hydrogens is 272 g/mol. The van der Waals surface area contributed by atoms with Gasteiger partial charge in [0.1, 0.15) is 11.4 Å². The molecule has 2 heterocycles. The number of hydrogen-bond donors (Lipinski definition) is 2. The third kappa shape index (κ3) is 2.49. The van der Waals surface area contributed by atoms with Crippen LogP contribution in [-0.4, -0.2) is 47.0 Å². The minimum atomic E-state index is -1.02. The first-order valence-electron chi connectivity index (χ1n) is 7.38. The first kappa shape index (κ1) is 14.3. The Hall–Kier alpha value is -1.66. The van der Waals surface area contributed by atoms with E-state index in [1.807, 2.05) is 6.92 Å². The Morgan fingerprint density at radius 3 is 3.14 bits per heavy atom. The van der Waals surface area contributed by atoms with Crippen LogP contribution >= 0.6 is 0 Å². The quantitative estimate of drug-likeness (QED) is 0.863. The van der Waals surface area contributed by atoms with E-state index in [1.165, 1.54) is 6.07 Å². The maximum atomic E-state index is 11.0. The number of carboxylic acid groups (broad SMARTS) is 1. The van der Waals surface area contributed by atoms with Crippen LogP contribution in [0.15, 0.2) is 18.2 Å². The van der Waals surface area contributed by atoms with Crippen molar-refractivity contribution < 1.29 is 19.4 Å². The first-order valence-corrected chi connectivity index (χ1v) is 7.38. The molecule has 2 fully saturated rings. The number of aromatic nitrogens is 1. The molecule has 0 amide bonds. The fourth-order valence-electron chi connectivity index (χ4n) is 3.29. The van der Waals surface area contributed by atoms with E-state index in [-0.39, 0.29) is 23.4 Å². The Bertz CT molecular complexity index is 528. The van der Waals surface area contributed by atoms with Crippen LogP contribution in [0.5, 0.6) is 0 Å². The summed E-state index contributed by atoms with van der Waals surface area (Å²) in [4.78, 5) is 15.1. The Morgan fingerprint density at radius 1 is 1.62 bits per heavy atom. The Morgan fingerprint density at radius 2 is 2.48 bits per heavy atom. The summed E-state index contributed by atoms with van der Waals surface area (Å²) < 4.78 is 11.7. The second-order valence-corrected chi connectivity index (χ2v) is 5.50. The van der Waals surface area contributed by atoms with Crippen LogP contribution in [0.1, 0.15) is 36.7 Å². The van der Waals surface area contributed by atoms with E-state index in [0.29, 0.717) is 12.4 Å². The number of carbonyl (C=O) groups is 1. The lowest BCUT2D eigenvalue weighted by Crippen LogP contribution is -2.66. The number of pyridine rings is 1. The second kappa shape index (κ2) is 5.61. The minimum absolute atomic E-state index is 0.0436. The summed E-state index contributed by atoms with van der Waals surface area (Å²) in [7, 11) is 0. The standard InChI is InChI=1S/C15H20N2O4/c1-2-20-12-9-11(15(12)7-4-8-21-15)17-13-6-3-5-10(16-13)14(18)19/h3,5-6,11-12H,2,4,7-9H2,1H3,(H,16,17)(H,18,19)/t11-,12-,15+/m1/s1. The van der Waals surface area contributed by atoms with Crippen LogP contribution in [0.2, 0.25) is 0 Å². The Balaban J connectivity index is 1.73. The van der Waals surface area contributed by atoms with E-state index in [0.717, 1.165) is 25.9 Å². The van der Waals surface area contributed by atoms with Crippen molar-refractivity contribution in [2.45, 2.75) is 43.9 Å². The normalized spacial score (nSPS) is 31.1. The Kier molecular flexibility index (Phi) is 3.82. The highest BCUT2D eigenvalue weighted by Gasteiger charge is 2.58. The van der Waals surface area contributed by atoms with Crippen molar-refractivity contribution in [2.24, 2.45) is 0 Å². The summed E-state index contributed by atoms with van der Waals surface area (Å²) in [6.07, 6.45) is 2.97. The van der Waals surface area contributed by atoms with E-state index in [1.54, 1.807) is 12.1 Å². The van der Waals surface area contributed by atoms with Gasteiger partial charge in [-0.15, -0.1) is 0 Å². The number of aromatic carboxylic acids is 1. The van der Waals surface area contributed by atoms with Crippen molar-refractivity contribution in [2.75, 3.05) is 18.5 Å². The highest BCUT2D eigenvalue weighted by Crippen LogP contribution is 2.46. The summed E-state index contributed by atoms with van der Waals surface area (Å²) >= 11 is 0. The molecule has 2 N–H and O–H groups in total. The van der Waals surface area contributed by atoms with Crippen molar-refractivity contribution >= 4 is 11.8 Å². The van der Waals surface area contributed by atoms with Crippen molar-refractivity contribution in [3.63, 3.8) is 0 Å². The van der Waals surface area contributed by atoms with Gasteiger partial charge in [0.25, 0.3) is 0 Å². The van der Waals surface area contributed by atoms with Gasteiger partial charge in [0, 0.05) is 13.2 Å². The maximum Gasteiger partial charge on any atom is 0.354 e. The van der Waals surface area contributed by atoms with E-state index >= 15 is 0 Å². The highest BCUT2D eigenvalue weighted by molar-refractivity contribution is 5.85. The zero-order chi connectivity index (χ0) is 14.9. The molecule has 0 radical (unpaired) electrons. The van der Waals surface area contributed by atoms with Gasteiger partial charge in [-0.05, 0) is 38.3 Å². The molecule has 1 aromatic rings. The molecule has 1 aromatic heterocycles. The van der Waals surface area contributed by atoms with Gasteiger partial charge in [0.05, 0.1) is 12.1 Å². The fraction of sp³-hybridized carbons (Fsp3) is 0.600. The largest absolute Gasteiger partial charge is 0.477 e. The first-order chi connectivity index (χ1) is 10.2. The molecule has 6 heteroatoms. The molecule has 1 saturated carbocycles. The SMILES string of the molecule is CCO[C@@H]1C[C@@H](Nc2cccc(C(=O)O)n2)[C@@]12CCCO2. The number of hydrogen-bond acceptors (Lipinski definition) is 5. The van der Waals surface area contributed by atoms with Crippen molar-refractivity contribution in [3.05, 3.63) is 23.9 Å². The molecule has 2 aliphatic rings. The smallest absolute Gasteiger partial charge is 0.354 e. The molecule has 1 aliphatic carbocycles. The van der Waals surface area contributed by atoms with Gasteiger partial charge in [0.15, 0.2) is 5.69 Å². The predicted octanol–water partition coefficient (Wildman–Crippen LogP) is 1.92. The third-order valence-corrected chi connectivity index (χ3v) is 4.33. The van der Waals surface area contributed by atoms with E-state index in [4.69, 9.17) is 14.6 Å². The molecule has 1 spiro atoms. The highest BCUT2D eigenvalue weighted by atomic mass is 16.6. The van der Waals surface area contributed by atoms with Crippen LogP contribution < -0.4 is 5.32 Å². The molecule has 1 saturated heterocycles. The lowest BCUT2D eigenvalue weighted by atomic mass is 9.70. The van der Waals surface area contributed by atoms with Gasteiger partial charge in [-0.2, -0.15) is 0 Å². The second-order valence-electron chi connectivity index (χ2n) is 5.50. The molecule has 0 bridgehead atoms. The van der Waals surface area contributed by atoms with Crippen LogP contribution in [0.3, 0.4) is 0 Å². The van der Waals surface area contributed by atoms with Crippen molar-refractivity contribution in [3.8, 4) is 0 Å². The summed E-state index contributed by atoms with van der Waals surface area (Å²) in [5, 5.41) is 12.3. The van der Waals surface area contributed by atoms with Crippen LogP contribution in [0.4, 0.5) is 5.82 Å². The summed E-state index contributed by atoms with van der Waals surface area (Å²) in [5.41, 5.74) is -0.237. The molecule has 1 aliphatic heterocycles. The molecule has 6 nitrogen and oxygen atoms in total. The number of rotatable bonds is 5. The average molecular weight is 292 g/mol. The molecule has 3 rings (SSSR count). The van der Waals surface area contributed by atoms with E-state index in [2.05, 4.69) is 10.3 Å². The molecule has 114 valence electrons. The van der Waals surface area contributed by atoms with Crippen LogP contribution in [0, 0.1) is 0 Å². The molecule has 3 atom stereocenters. The molecule has 0 unspecified atom stereocenters. The van der Waals surface area contributed by atoms with E-state index < -0.39 is 5.97 Å².